The Balaban J connectivity index is 1.96. The Labute approximate surface area is 165 Å². The fraction of sp³-hybridized carbons (Fsp3) is 0.429. The number of rotatable bonds is 7. The summed E-state index contributed by atoms with van der Waals surface area (Å²) in [7, 11) is 4.80. The number of aromatic hydroxyl groups is 1. The Kier molecular flexibility index (Phi) is 6.61. The van der Waals surface area contributed by atoms with Crippen LogP contribution >= 0.6 is 0 Å². The van der Waals surface area contributed by atoms with Crippen LogP contribution < -0.4 is 14.2 Å². The van der Waals surface area contributed by atoms with Gasteiger partial charge in [-0.2, -0.15) is 0 Å². The first-order valence-corrected chi connectivity index (χ1v) is 9.15. The van der Waals surface area contributed by atoms with Crippen LogP contribution in [0.25, 0.3) is 0 Å². The lowest BCUT2D eigenvalue weighted by atomic mass is 9.97. The van der Waals surface area contributed by atoms with Crippen molar-refractivity contribution in [3.05, 3.63) is 47.5 Å². The second-order valence-electron chi connectivity index (χ2n) is 6.62. The Morgan fingerprint density at radius 1 is 1.00 bits per heavy atom. The van der Waals surface area contributed by atoms with Gasteiger partial charge in [0.25, 0.3) is 0 Å². The summed E-state index contributed by atoms with van der Waals surface area (Å²) in [5.74, 6) is 2.16. The first-order chi connectivity index (χ1) is 13.6. The summed E-state index contributed by atoms with van der Waals surface area (Å²) < 4.78 is 22.1. The number of phenols is 1. The number of ether oxygens (including phenoxy) is 4. The minimum Gasteiger partial charge on any atom is -0.508 e. The molecule has 7 nitrogen and oxygen atoms in total. The molecule has 0 aromatic heterocycles. The van der Waals surface area contributed by atoms with E-state index in [-0.39, 0.29) is 24.5 Å². The summed E-state index contributed by atoms with van der Waals surface area (Å²) in [6.07, 6.45) is -0.379. The Morgan fingerprint density at radius 3 is 2.39 bits per heavy atom. The van der Waals surface area contributed by atoms with Gasteiger partial charge in [0, 0.05) is 18.7 Å². The first kappa shape index (κ1) is 20.3. The molecule has 1 aliphatic rings. The molecule has 2 atom stereocenters. The molecule has 0 spiro atoms. The molecular formula is C21H27NO6. The van der Waals surface area contributed by atoms with Gasteiger partial charge in [0.05, 0.1) is 40.6 Å². The zero-order chi connectivity index (χ0) is 20.1. The van der Waals surface area contributed by atoms with Gasteiger partial charge >= 0.3 is 0 Å². The number of hydrogen-bond acceptors (Lipinski definition) is 7. The molecule has 2 unspecified atom stereocenters. The molecule has 0 aliphatic carbocycles. The fourth-order valence-corrected chi connectivity index (χ4v) is 3.69. The van der Waals surface area contributed by atoms with Crippen LogP contribution in [0.2, 0.25) is 0 Å². The van der Waals surface area contributed by atoms with Crippen molar-refractivity contribution < 1.29 is 29.2 Å². The monoisotopic (exact) mass is 389 g/mol. The fourth-order valence-electron chi connectivity index (χ4n) is 3.69. The number of aliphatic hydroxyl groups excluding tert-OH is 1. The molecule has 0 amide bonds. The summed E-state index contributed by atoms with van der Waals surface area (Å²) in [6.45, 7) is 1.62. The molecule has 1 saturated heterocycles. The molecule has 7 heteroatoms. The van der Waals surface area contributed by atoms with E-state index in [9.17, 15) is 10.2 Å². The average molecular weight is 389 g/mol. The zero-order valence-corrected chi connectivity index (χ0v) is 16.4. The van der Waals surface area contributed by atoms with E-state index < -0.39 is 0 Å². The van der Waals surface area contributed by atoms with Gasteiger partial charge in [0.15, 0.2) is 11.5 Å². The number of benzene rings is 2. The first-order valence-electron chi connectivity index (χ1n) is 9.15. The summed E-state index contributed by atoms with van der Waals surface area (Å²) in [5, 5.41) is 19.8. The van der Waals surface area contributed by atoms with Gasteiger partial charge in [-0.05, 0) is 35.9 Å². The summed E-state index contributed by atoms with van der Waals surface area (Å²) in [6, 6.07) is 10.6. The molecule has 3 rings (SSSR count). The van der Waals surface area contributed by atoms with E-state index >= 15 is 0 Å². The molecule has 2 aromatic rings. The highest BCUT2D eigenvalue weighted by atomic mass is 16.5. The van der Waals surface area contributed by atoms with Crippen LogP contribution in [0.3, 0.4) is 0 Å². The highest BCUT2D eigenvalue weighted by Gasteiger charge is 2.34. The van der Waals surface area contributed by atoms with Crippen LogP contribution in [0.4, 0.5) is 0 Å². The maximum atomic E-state index is 9.91. The van der Waals surface area contributed by atoms with Gasteiger partial charge in [-0.1, -0.05) is 6.07 Å². The van der Waals surface area contributed by atoms with Gasteiger partial charge in [-0.25, -0.2) is 0 Å². The molecule has 0 saturated carbocycles. The van der Waals surface area contributed by atoms with Crippen LogP contribution in [0, 0.1) is 0 Å². The number of phenolic OH excluding ortho intramolecular Hbond substituents is 1. The van der Waals surface area contributed by atoms with Gasteiger partial charge in [0.2, 0.25) is 0 Å². The van der Waals surface area contributed by atoms with Crippen molar-refractivity contribution in [2.24, 2.45) is 0 Å². The van der Waals surface area contributed by atoms with Gasteiger partial charge < -0.3 is 29.2 Å². The third-order valence-electron chi connectivity index (χ3n) is 5.02. The van der Waals surface area contributed by atoms with Crippen molar-refractivity contribution in [1.82, 2.24) is 4.90 Å². The third-order valence-corrected chi connectivity index (χ3v) is 5.02. The molecule has 1 heterocycles. The van der Waals surface area contributed by atoms with E-state index in [0.29, 0.717) is 36.9 Å². The topological polar surface area (TPSA) is 80.6 Å². The minimum atomic E-state index is -0.379. The molecular weight excluding hydrogens is 362 g/mol. The lowest BCUT2D eigenvalue weighted by Crippen LogP contribution is -2.46. The molecule has 2 aromatic carbocycles. The molecule has 28 heavy (non-hydrogen) atoms. The lowest BCUT2D eigenvalue weighted by molar-refractivity contribution is -0.0962. The molecule has 152 valence electrons. The Hall–Kier alpha value is -2.48. The second kappa shape index (κ2) is 9.14. The highest BCUT2D eigenvalue weighted by Crippen LogP contribution is 2.37. The van der Waals surface area contributed by atoms with E-state index in [1.165, 1.54) is 0 Å². The maximum Gasteiger partial charge on any atom is 0.161 e. The van der Waals surface area contributed by atoms with Crippen LogP contribution in [0.5, 0.6) is 23.0 Å². The molecule has 1 fully saturated rings. The van der Waals surface area contributed by atoms with E-state index in [4.69, 9.17) is 18.9 Å². The van der Waals surface area contributed by atoms with Crippen molar-refractivity contribution >= 4 is 0 Å². The van der Waals surface area contributed by atoms with E-state index in [2.05, 4.69) is 4.90 Å². The van der Waals surface area contributed by atoms with Crippen molar-refractivity contribution in [2.45, 2.75) is 18.7 Å². The Bertz CT molecular complexity index is 796. The van der Waals surface area contributed by atoms with E-state index in [1.807, 2.05) is 18.2 Å². The number of hydrogen-bond donors (Lipinski definition) is 2. The maximum absolute atomic E-state index is 9.91. The second-order valence-corrected chi connectivity index (χ2v) is 6.62. The summed E-state index contributed by atoms with van der Waals surface area (Å²) >= 11 is 0. The van der Waals surface area contributed by atoms with Crippen molar-refractivity contribution in [2.75, 3.05) is 41.1 Å². The SMILES string of the molecule is COc1ccc(O)cc1CN1CCOC(CO)C1c1ccc(OC)c(OC)c1. The highest BCUT2D eigenvalue weighted by molar-refractivity contribution is 5.44. The quantitative estimate of drug-likeness (QED) is 0.752. The van der Waals surface area contributed by atoms with Crippen molar-refractivity contribution in [1.29, 1.82) is 0 Å². The van der Waals surface area contributed by atoms with Gasteiger partial charge in [-0.3, -0.25) is 4.90 Å². The van der Waals surface area contributed by atoms with Crippen LogP contribution in [0.15, 0.2) is 36.4 Å². The predicted molar refractivity (Wildman–Crippen MR) is 104 cm³/mol. The Morgan fingerprint density at radius 2 is 1.71 bits per heavy atom. The number of methoxy groups -OCH3 is 3. The van der Waals surface area contributed by atoms with E-state index in [1.54, 1.807) is 39.5 Å². The lowest BCUT2D eigenvalue weighted by Gasteiger charge is -2.41. The average Bonchev–Trinajstić information content (AvgIpc) is 2.73. The van der Waals surface area contributed by atoms with Gasteiger partial charge in [0.1, 0.15) is 17.6 Å². The number of aliphatic hydroxyl groups is 1. The summed E-state index contributed by atoms with van der Waals surface area (Å²) in [4.78, 5) is 2.21. The van der Waals surface area contributed by atoms with Crippen LogP contribution in [0.1, 0.15) is 17.2 Å². The number of nitrogens with zero attached hydrogens (tertiary/aromatic N) is 1. The largest absolute Gasteiger partial charge is 0.508 e. The molecule has 1 aliphatic heterocycles. The van der Waals surface area contributed by atoms with Crippen LogP contribution in [-0.2, 0) is 11.3 Å². The number of morpholine rings is 1. The minimum absolute atomic E-state index is 0.104. The van der Waals surface area contributed by atoms with Crippen molar-refractivity contribution in [3.63, 3.8) is 0 Å². The third kappa shape index (κ3) is 4.16. The smallest absolute Gasteiger partial charge is 0.161 e. The predicted octanol–water partition coefficient (Wildman–Crippen LogP) is 2.35. The molecule has 0 radical (unpaired) electrons. The van der Waals surface area contributed by atoms with Crippen LogP contribution in [-0.4, -0.2) is 62.3 Å². The summed E-state index contributed by atoms with van der Waals surface area (Å²) in [5.41, 5.74) is 1.82. The molecule has 0 bridgehead atoms. The standard InChI is InChI=1S/C21H27NO6/c1-25-17-7-5-16(24)10-15(17)12-22-8-9-28-20(13-23)21(22)14-4-6-18(26-2)19(11-14)27-3/h4-7,10-11,20-21,23-24H,8-9,12-13H2,1-3H3. The normalized spacial score (nSPS) is 20.0. The van der Waals surface area contributed by atoms with E-state index in [0.717, 1.165) is 11.1 Å². The van der Waals surface area contributed by atoms with Crippen molar-refractivity contribution in [3.8, 4) is 23.0 Å². The molecule has 2 N–H and O–H groups in total. The van der Waals surface area contributed by atoms with Gasteiger partial charge in [-0.15, -0.1) is 0 Å². The zero-order valence-electron chi connectivity index (χ0n) is 16.4.